The number of hydrogen-bond donors (Lipinski definition) is 1. The summed E-state index contributed by atoms with van der Waals surface area (Å²) in [6.45, 7) is 1.83. The Labute approximate surface area is 172 Å². The third-order valence-corrected chi connectivity index (χ3v) is 5.54. The molecule has 1 aromatic carbocycles. The van der Waals surface area contributed by atoms with Crippen LogP contribution in [0.25, 0.3) is 22.3 Å². The monoisotopic (exact) mass is 419 g/mol. The minimum absolute atomic E-state index is 0.323. The topological polar surface area (TPSA) is 86.4 Å². The quantitative estimate of drug-likeness (QED) is 0.677. The molecule has 1 saturated heterocycles. The van der Waals surface area contributed by atoms with E-state index in [2.05, 4.69) is 14.9 Å². The van der Waals surface area contributed by atoms with Gasteiger partial charge in [-0.05, 0) is 18.9 Å². The number of hydrogen-bond acceptors (Lipinski definition) is 7. The number of pyridine rings is 1. The lowest BCUT2D eigenvalue weighted by Gasteiger charge is -2.20. The molecule has 4 rings (SSSR count). The summed E-state index contributed by atoms with van der Waals surface area (Å²) in [5.74, 6) is 2.46. The lowest BCUT2D eigenvalue weighted by Crippen LogP contribution is -2.20. The Morgan fingerprint density at radius 1 is 1.00 bits per heavy atom. The van der Waals surface area contributed by atoms with Gasteiger partial charge in [0.2, 0.25) is 0 Å². The maximum Gasteiger partial charge on any atom is 0.165 e. The largest absolute Gasteiger partial charge is 0.495 e. The predicted octanol–water partition coefficient (Wildman–Crippen LogP) is 4.20. The lowest BCUT2D eigenvalue weighted by molar-refractivity contribution is 0.395. The molecule has 2 N–H and O–H groups in total. The Kier molecular flexibility index (Phi) is 5.03. The number of nitrogens with two attached hydrogens (primary N) is 1. The van der Waals surface area contributed by atoms with Crippen LogP contribution in [0.3, 0.4) is 0 Å². The second kappa shape index (κ2) is 7.48. The third-order valence-electron chi connectivity index (χ3n) is 4.79. The first-order valence-electron chi connectivity index (χ1n) is 8.82. The number of fused-ring (bicyclic) bond motifs is 1. The summed E-state index contributed by atoms with van der Waals surface area (Å²) >= 11 is 13.1. The first-order chi connectivity index (χ1) is 13.5. The Morgan fingerprint density at radius 3 is 2.25 bits per heavy atom. The van der Waals surface area contributed by atoms with Gasteiger partial charge in [0.1, 0.15) is 23.1 Å². The molecule has 3 heterocycles. The summed E-state index contributed by atoms with van der Waals surface area (Å²) in [6, 6.07) is 3.43. The Balaban J connectivity index is 2.01. The van der Waals surface area contributed by atoms with Crippen molar-refractivity contribution in [2.24, 2.45) is 0 Å². The second-order valence-corrected chi connectivity index (χ2v) is 7.23. The summed E-state index contributed by atoms with van der Waals surface area (Å²) < 4.78 is 10.7. The van der Waals surface area contributed by atoms with Crippen molar-refractivity contribution in [2.75, 3.05) is 37.9 Å². The molecular formula is C19H19Cl2N5O2. The molecule has 146 valence electrons. The number of nitrogen functional groups attached to an aromatic ring is 1. The highest BCUT2D eigenvalue weighted by Crippen LogP contribution is 2.45. The van der Waals surface area contributed by atoms with Crippen molar-refractivity contribution in [3.05, 3.63) is 28.4 Å². The molecule has 28 heavy (non-hydrogen) atoms. The number of aromatic nitrogens is 3. The number of anilines is 2. The van der Waals surface area contributed by atoms with Crippen LogP contribution in [0.2, 0.25) is 10.0 Å². The highest BCUT2D eigenvalue weighted by molar-refractivity contribution is 6.41. The average Bonchev–Trinajstić information content (AvgIpc) is 3.22. The molecular weight excluding hydrogens is 401 g/mol. The molecule has 3 aromatic rings. The molecule has 1 aliphatic rings. The van der Waals surface area contributed by atoms with E-state index in [1.54, 1.807) is 18.3 Å². The van der Waals surface area contributed by atoms with Crippen LogP contribution in [-0.2, 0) is 0 Å². The molecule has 0 saturated carbocycles. The van der Waals surface area contributed by atoms with Gasteiger partial charge in [-0.15, -0.1) is 0 Å². The standard InChI is InChI=1S/C19H19Cl2N5O2/c1-27-12-8-13(28-2)17(21)15(16(12)20)18-24-11-9-23-14(22)7-10(11)19(25-18)26-5-3-4-6-26/h7-9H,3-6H2,1-2H3,(H2,22,23). The normalized spacial score (nSPS) is 13.9. The summed E-state index contributed by atoms with van der Waals surface area (Å²) in [4.78, 5) is 15.9. The van der Waals surface area contributed by atoms with Crippen LogP contribution in [0, 0.1) is 0 Å². The van der Waals surface area contributed by atoms with E-state index in [0.717, 1.165) is 37.1 Å². The SMILES string of the molecule is COc1cc(OC)c(Cl)c(-c2nc(N3CCCC3)c3cc(N)ncc3n2)c1Cl. The molecule has 0 radical (unpaired) electrons. The zero-order chi connectivity index (χ0) is 19.8. The van der Waals surface area contributed by atoms with Crippen molar-refractivity contribution < 1.29 is 9.47 Å². The molecule has 0 unspecified atom stereocenters. The van der Waals surface area contributed by atoms with Crippen LogP contribution in [0.1, 0.15) is 12.8 Å². The Morgan fingerprint density at radius 2 is 1.64 bits per heavy atom. The van der Waals surface area contributed by atoms with Crippen molar-refractivity contribution in [3.8, 4) is 22.9 Å². The minimum atomic E-state index is 0.323. The fourth-order valence-corrected chi connectivity index (χ4v) is 4.07. The van der Waals surface area contributed by atoms with Gasteiger partial charge in [0.15, 0.2) is 5.82 Å². The molecule has 1 fully saturated rings. The van der Waals surface area contributed by atoms with Crippen molar-refractivity contribution in [1.29, 1.82) is 0 Å². The summed E-state index contributed by atoms with van der Waals surface area (Å²) in [6.07, 6.45) is 3.85. The van der Waals surface area contributed by atoms with Crippen LogP contribution in [0.5, 0.6) is 11.5 Å². The zero-order valence-corrected chi connectivity index (χ0v) is 17.0. The van der Waals surface area contributed by atoms with E-state index < -0.39 is 0 Å². The minimum Gasteiger partial charge on any atom is -0.495 e. The number of halogens is 2. The molecule has 7 nitrogen and oxygen atoms in total. The molecule has 0 spiro atoms. The second-order valence-electron chi connectivity index (χ2n) is 6.48. The predicted molar refractivity (Wildman–Crippen MR) is 112 cm³/mol. The first kappa shape index (κ1) is 18.8. The smallest absolute Gasteiger partial charge is 0.165 e. The molecule has 9 heteroatoms. The third kappa shape index (κ3) is 3.14. The maximum absolute atomic E-state index is 6.57. The Hall–Kier alpha value is -2.51. The summed E-state index contributed by atoms with van der Waals surface area (Å²) in [5.41, 5.74) is 7.02. The van der Waals surface area contributed by atoms with Crippen molar-refractivity contribution in [1.82, 2.24) is 15.0 Å². The van der Waals surface area contributed by atoms with Gasteiger partial charge in [0, 0.05) is 24.5 Å². The van der Waals surface area contributed by atoms with E-state index in [9.17, 15) is 0 Å². The van der Waals surface area contributed by atoms with Gasteiger partial charge in [-0.25, -0.2) is 15.0 Å². The van der Waals surface area contributed by atoms with Gasteiger partial charge in [0.25, 0.3) is 0 Å². The summed E-state index contributed by atoms with van der Waals surface area (Å²) in [7, 11) is 3.06. The van der Waals surface area contributed by atoms with Crippen LogP contribution in [0.15, 0.2) is 18.3 Å². The molecule has 0 atom stereocenters. The fraction of sp³-hybridized carbons (Fsp3) is 0.316. The highest BCUT2D eigenvalue weighted by Gasteiger charge is 2.24. The van der Waals surface area contributed by atoms with Crippen molar-refractivity contribution in [3.63, 3.8) is 0 Å². The van der Waals surface area contributed by atoms with Gasteiger partial charge >= 0.3 is 0 Å². The molecule has 2 aromatic heterocycles. The number of ether oxygens (including phenoxy) is 2. The van der Waals surface area contributed by atoms with E-state index in [1.807, 2.05) is 0 Å². The lowest BCUT2D eigenvalue weighted by atomic mass is 10.1. The van der Waals surface area contributed by atoms with E-state index in [-0.39, 0.29) is 0 Å². The van der Waals surface area contributed by atoms with Gasteiger partial charge in [0.05, 0.1) is 41.5 Å². The molecule has 1 aliphatic heterocycles. The fourth-order valence-electron chi connectivity index (χ4n) is 3.40. The van der Waals surface area contributed by atoms with Crippen LogP contribution >= 0.6 is 23.2 Å². The van der Waals surface area contributed by atoms with Gasteiger partial charge < -0.3 is 20.1 Å². The average molecular weight is 420 g/mol. The van der Waals surface area contributed by atoms with E-state index in [0.29, 0.717) is 44.3 Å². The van der Waals surface area contributed by atoms with Crippen molar-refractivity contribution >= 4 is 45.7 Å². The van der Waals surface area contributed by atoms with Gasteiger partial charge in [-0.2, -0.15) is 0 Å². The highest BCUT2D eigenvalue weighted by atomic mass is 35.5. The maximum atomic E-state index is 6.57. The first-order valence-corrected chi connectivity index (χ1v) is 9.57. The number of nitrogens with zero attached hydrogens (tertiary/aromatic N) is 4. The van der Waals surface area contributed by atoms with Crippen LogP contribution in [-0.4, -0.2) is 42.3 Å². The molecule has 0 bridgehead atoms. The number of benzene rings is 1. The van der Waals surface area contributed by atoms with E-state index in [4.69, 9.17) is 43.4 Å². The van der Waals surface area contributed by atoms with Crippen LogP contribution < -0.4 is 20.1 Å². The summed E-state index contributed by atoms with van der Waals surface area (Å²) in [5, 5.41) is 1.49. The molecule has 0 aliphatic carbocycles. The van der Waals surface area contributed by atoms with Crippen LogP contribution in [0.4, 0.5) is 11.6 Å². The van der Waals surface area contributed by atoms with E-state index >= 15 is 0 Å². The van der Waals surface area contributed by atoms with E-state index in [1.165, 1.54) is 14.2 Å². The van der Waals surface area contributed by atoms with Gasteiger partial charge in [-0.1, -0.05) is 23.2 Å². The Bertz CT molecular complexity index is 1030. The molecule has 0 amide bonds. The number of rotatable bonds is 4. The zero-order valence-electron chi connectivity index (χ0n) is 15.5. The number of methoxy groups -OCH3 is 2. The van der Waals surface area contributed by atoms with Gasteiger partial charge in [-0.3, -0.25) is 0 Å². The van der Waals surface area contributed by atoms with Crippen molar-refractivity contribution in [2.45, 2.75) is 12.8 Å².